The first-order valence-electron chi connectivity index (χ1n) is 10.6. The third-order valence-corrected chi connectivity index (χ3v) is 5.56. The van der Waals surface area contributed by atoms with Crippen LogP contribution in [-0.2, 0) is 16.1 Å². The fourth-order valence-electron chi connectivity index (χ4n) is 3.79. The molecule has 0 unspecified atom stereocenters. The van der Waals surface area contributed by atoms with E-state index >= 15 is 0 Å². The highest BCUT2D eigenvalue weighted by molar-refractivity contribution is 5.93. The number of carbonyl (C=O) groups is 2. The minimum atomic E-state index is -0.390. The van der Waals surface area contributed by atoms with Gasteiger partial charge >= 0.3 is 5.69 Å². The van der Waals surface area contributed by atoms with E-state index in [4.69, 9.17) is 4.74 Å². The lowest BCUT2D eigenvalue weighted by molar-refractivity contribution is -0.134. The lowest BCUT2D eigenvalue weighted by atomic mass is 10.1. The molecular weight excluding hydrogens is 431 g/mol. The molecule has 0 saturated carbocycles. The van der Waals surface area contributed by atoms with Crippen molar-refractivity contribution in [2.24, 2.45) is 0 Å². The summed E-state index contributed by atoms with van der Waals surface area (Å²) in [7, 11) is 1.43. The molecular formula is C22H25FN6O4. The number of hydrogen-bond donors (Lipinski definition) is 3. The van der Waals surface area contributed by atoms with Crippen LogP contribution in [0.3, 0.4) is 0 Å². The Balaban J connectivity index is 1.21. The summed E-state index contributed by atoms with van der Waals surface area (Å²) in [5.41, 5.74) is 1.37. The number of aromatic amines is 2. The zero-order chi connectivity index (χ0) is 23.4. The van der Waals surface area contributed by atoms with Crippen LogP contribution in [0, 0.1) is 5.82 Å². The Kier molecular flexibility index (Phi) is 6.68. The molecule has 0 atom stereocenters. The summed E-state index contributed by atoms with van der Waals surface area (Å²) in [5.74, 6) is -0.279. The number of fused-ring (bicyclic) bond motifs is 1. The zero-order valence-corrected chi connectivity index (χ0v) is 18.2. The molecule has 10 nitrogen and oxygen atoms in total. The Morgan fingerprint density at radius 3 is 2.64 bits per heavy atom. The molecule has 3 heterocycles. The SMILES string of the molecule is COc1ccc(CN2CCN(C(=O)CCC(=O)Nc3ccc4[nH]c(=O)[nH]c4n3)CC2)cc1F. The van der Waals surface area contributed by atoms with Gasteiger partial charge in [0.2, 0.25) is 11.8 Å². The standard InChI is InChI=1S/C22H25FN6O4/c1-33-17-4-2-14(12-15(17)23)13-28-8-10-29(11-9-28)20(31)7-6-19(30)25-18-5-3-16-21(26-18)27-22(32)24-16/h2-5,12H,6-11,13H2,1H3,(H3,24,25,26,27,30,32). The Morgan fingerprint density at radius 1 is 1.12 bits per heavy atom. The van der Waals surface area contributed by atoms with Crippen molar-refractivity contribution in [3.63, 3.8) is 0 Å². The molecule has 0 radical (unpaired) electrons. The van der Waals surface area contributed by atoms with Gasteiger partial charge in [0.1, 0.15) is 5.82 Å². The molecule has 0 spiro atoms. The number of amides is 2. The van der Waals surface area contributed by atoms with Gasteiger partial charge in [0.05, 0.1) is 12.6 Å². The minimum absolute atomic E-state index is 0.0353. The Labute approximate surface area is 188 Å². The molecule has 4 rings (SSSR count). The average Bonchev–Trinajstić information content (AvgIpc) is 3.17. The van der Waals surface area contributed by atoms with Gasteiger partial charge in [-0.2, -0.15) is 0 Å². The number of hydrogen-bond acceptors (Lipinski definition) is 6. The topological polar surface area (TPSA) is 123 Å². The maximum Gasteiger partial charge on any atom is 0.325 e. The van der Waals surface area contributed by atoms with Crippen molar-refractivity contribution in [3.05, 3.63) is 52.2 Å². The molecule has 1 fully saturated rings. The third kappa shape index (κ3) is 5.55. The molecule has 0 aliphatic carbocycles. The maximum atomic E-state index is 13.9. The predicted molar refractivity (Wildman–Crippen MR) is 119 cm³/mol. The number of H-pyrrole nitrogens is 2. The minimum Gasteiger partial charge on any atom is -0.494 e. The van der Waals surface area contributed by atoms with Gasteiger partial charge in [0.15, 0.2) is 17.2 Å². The van der Waals surface area contributed by atoms with Crippen LogP contribution in [0.1, 0.15) is 18.4 Å². The number of ether oxygens (including phenoxy) is 1. The molecule has 2 aromatic heterocycles. The second kappa shape index (κ2) is 9.82. The van der Waals surface area contributed by atoms with Gasteiger partial charge in [-0.25, -0.2) is 14.2 Å². The fourth-order valence-corrected chi connectivity index (χ4v) is 3.79. The first kappa shape index (κ1) is 22.5. The Hall–Kier alpha value is -3.73. The van der Waals surface area contributed by atoms with Crippen molar-refractivity contribution in [3.8, 4) is 5.75 Å². The molecule has 174 valence electrons. The number of pyridine rings is 1. The van der Waals surface area contributed by atoms with E-state index in [1.165, 1.54) is 13.2 Å². The second-order valence-electron chi connectivity index (χ2n) is 7.85. The quantitative estimate of drug-likeness (QED) is 0.495. The van der Waals surface area contributed by atoms with Crippen LogP contribution >= 0.6 is 0 Å². The van der Waals surface area contributed by atoms with Crippen LogP contribution in [0.2, 0.25) is 0 Å². The lowest BCUT2D eigenvalue weighted by Crippen LogP contribution is -2.48. The van der Waals surface area contributed by atoms with Crippen LogP contribution < -0.4 is 15.7 Å². The van der Waals surface area contributed by atoms with Gasteiger partial charge in [-0.1, -0.05) is 6.07 Å². The molecule has 1 aliphatic rings. The number of anilines is 1. The fraction of sp³-hybridized carbons (Fsp3) is 0.364. The van der Waals surface area contributed by atoms with Crippen LogP contribution in [0.5, 0.6) is 5.75 Å². The lowest BCUT2D eigenvalue weighted by Gasteiger charge is -2.34. The highest BCUT2D eigenvalue weighted by atomic mass is 19.1. The van der Waals surface area contributed by atoms with E-state index in [2.05, 4.69) is 25.2 Å². The Bertz CT molecular complexity index is 1220. The predicted octanol–water partition coefficient (Wildman–Crippen LogP) is 1.46. The molecule has 2 amide bonds. The summed E-state index contributed by atoms with van der Waals surface area (Å²) in [4.78, 5) is 49.2. The molecule has 1 saturated heterocycles. The summed E-state index contributed by atoms with van der Waals surface area (Å²) in [6.45, 7) is 3.04. The number of aromatic nitrogens is 3. The highest BCUT2D eigenvalue weighted by Crippen LogP contribution is 2.19. The van der Waals surface area contributed by atoms with Crippen molar-refractivity contribution in [2.45, 2.75) is 19.4 Å². The van der Waals surface area contributed by atoms with Gasteiger partial charge in [-0.3, -0.25) is 19.5 Å². The second-order valence-corrected chi connectivity index (χ2v) is 7.85. The molecule has 3 N–H and O–H groups in total. The van der Waals surface area contributed by atoms with Gasteiger partial charge in [0.25, 0.3) is 0 Å². The van der Waals surface area contributed by atoms with Gasteiger partial charge < -0.3 is 19.9 Å². The molecule has 1 aliphatic heterocycles. The van der Waals surface area contributed by atoms with Crippen LogP contribution in [0.4, 0.5) is 10.2 Å². The van der Waals surface area contributed by atoms with E-state index in [0.717, 1.165) is 5.56 Å². The molecule has 0 bridgehead atoms. The van der Waals surface area contributed by atoms with Crippen molar-refractivity contribution in [2.75, 3.05) is 38.6 Å². The number of benzene rings is 1. The molecule has 11 heteroatoms. The number of piperazine rings is 1. The summed E-state index contributed by atoms with van der Waals surface area (Å²) in [6.07, 6.45) is 0.131. The monoisotopic (exact) mass is 456 g/mol. The maximum absolute atomic E-state index is 13.9. The number of imidazole rings is 1. The molecule has 1 aromatic carbocycles. The van der Waals surface area contributed by atoms with Crippen molar-refractivity contribution in [1.29, 1.82) is 0 Å². The number of methoxy groups -OCH3 is 1. The van der Waals surface area contributed by atoms with E-state index in [1.54, 1.807) is 23.1 Å². The summed E-state index contributed by atoms with van der Waals surface area (Å²) < 4.78 is 18.8. The van der Waals surface area contributed by atoms with E-state index < -0.39 is 5.82 Å². The smallest absolute Gasteiger partial charge is 0.325 e. The number of nitrogens with zero attached hydrogens (tertiary/aromatic N) is 3. The number of nitrogens with one attached hydrogen (secondary N) is 3. The first-order chi connectivity index (χ1) is 15.9. The summed E-state index contributed by atoms with van der Waals surface area (Å²) in [6, 6.07) is 8.13. The molecule has 3 aromatic rings. The number of rotatable bonds is 7. The third-order valence-electron chi connectivity index (χ3n) is 5.56. The number of carbonyl (C=O) groups excluding carboxylic acids is 2. The first-order valence-corrected chi connectivity index (χ1v) is 10.6. The Morgan fingerprint density at radius 2 is 1.91 bits per heavy atom. The van der Waals surface area contributed by atoms with Crippen LogP contribution in [0.25, 0.3) is 11.2 Å². The van der Waals surface area contributed by atoms with E-state index in [0.29, 0.717) is 49.7 Å². The van der Waals surface area contributed by atoms with Crippen molar-refractivity contribution < 1.29 is 18.7 Å². The summed E-state index contributed by atoms with van der Waals surface area (Å²) >= 11 is 0. The van der Waals surface area contributed by atoms with E-state index in [1.807, 2.05) is 6.07 Å². The molecule has 33 heavy (non-hydrogen) atoms. The number of halogens is 1. The van der Waals surface area contributed by atoms with E-state index in [-0.39, 0.29) is 36.1 Å². The van der Waals surface area contributed by atoms with Gasteiger partial charge in [0, 0.05) is 45.6 Å². The summed E-state index contributed by atoms with van der Waals surface area (Å²) in [5, 5.41) is 2.64. The zero-order valence-electron chi connectivity index (χ0n) is 18.2. The van der Waals surface area contributed by atoms with Crippen LogP contribution in [0.15, 0.2) is 35.1 Å². The largest absolute Gasteiger partial charge is 0.494 e. The normalized spacial score (nSPS) is 14.4. The van der Waals surface area contributed by atoms with Crippen molar-refractivity contribution in [1.82, 2.24) is 24.8 Å². The van der Waals surface area contributed by atoms with Gasteiger partial charge in [-0.05, 0) is 29.8 Å². The average molecular weight is 456 g/mol. The van der Waals surface area contributed by atoms with Gasteiger partial charge in [-0.15, -0.1) is 0 Å². The van der Waals surface area contributed by atoms with Crippen molar-refractivity contribution >= 4 is 28.8 Å². The highest BCUT2D eigenvalue weighted by Gasteiger charge is 2.22. The van der Waals surface area contributed by atoms with E-state index in [9.17, 15) is 18.8 Å². The van der Waals surface area contributed by atoms with Crippen LogP contribution in [-0.4, -0.2) is 69.9 Å².